The normalized spacial score (nSPS) is 13.1. The van der Waals surface area contributed by atoms with Crippen LogP contribution in [0.5, 0.6) is 0 Å². The molecule has 0 amide bonds. The van der Waals surface area contributed by atoms with Crippen molar-refractivity contribution in [3.8, 4) is 0 Å². The van der Waals surface area contributed by atoms with Crippen LogP contribution >= 0.6 is 0 Å². The van der Waals surface area contributed by atoms with Crippen molar-refractivity contribution in [2.75, 3.05) is 11.6 Å². The van der Waals surface area contributed by atoms with Crippen LogP contribution in [0.3, 0.4) is 0 Å². The molecule has 0 saturated carbocycles. The van der Waals surface area contributed by atoms with Gasteiger partial charge >= 0.3 is 0 Å². The minimum Gasteiger partial charge on any atom is -0.362 e. The van der Waals surface area contributed by atoms with Crippen molar-refractivity contribution in [3.63, 3.8) is 0 Å². The van der Waals surface area contributed by atoms with E-state index in [1.807, 2.05) is 20.8 Å². The second kappa shape index (κ2) is 6.08. The Morgan fingerprint density at radius 1 is 1.41 bits per heavy atom. The van der Waals surface area contributed by atoms with Crippen molar-refractivity contribution in [1.29, 1.82) is 0 Å². The first-order valence-electron chi connectivity index (χ1n) is 7.04. The number of aromatic amines is 1. The van der Waals surface area contributed by atoms with Crippen molar-refractivity contribution in [2.45, 2.75) is 38.1 Å². The molecule has 22 heavy (non-hydrogen) atoms. The first-order chi connectivity index (χ1) is 10.2. The third kappa shape index (κ3) is 3.30. The monoisotopic (exact) mass is 325 g/mol. The fraction of sp³-hybridized carbons (Fsp3) is 0.400. The van der Waals surface area contributed by atoms with Crippen LogP contribution in [-0.4, -0.2) is 24.9 Å². The maximum absolute atomic E-state index is 14.0. The summed E-state index contributed by atoms with van der Waals surface area (Å²) in [6.07, 6.45) is 1.85. The topological polar surface area (TPSA) is 74.8 Å². The molecule has 0 fully saturated rings. The molecule has 120 valence electrons. The van der Waals surface area contributed by atoms with E-state index in [0.29, 0.717) is 5.56 Å². The average Bonchev–Trinajstić information content (AvgIpc) is 2.78. The predicted molar refractivity (Wildman–Crippen MR) is 84.3 cm³/mol. The molecule has 0 bridgehead atoms. The summed E-state index contributed by atoms with van der Waals surface area (Å²) in [7, 11) is -3.55. The van der Waals surface area contributed by atoms with Crippen LogP contribution < -0.4 is 5.32 Å². The zero-order chi connectivity index (χ0) is 16.5. The van der Waals surface area contributed by atoms with E-state index in [1.54, 1.807) is 6.07 Å². The molecule has 1 unspecified atom stereocenters. The summed E-state index contributed by atoms with van der Waals surface area (Å²) < 4.78 is 36.8. The van der Waals surface area contributed by atoms with Gasteiger partial charge in [-0.25, -0.2) is 12.8 Å². The predicted octanol–water partition coefficient (Wildman–Crippen LogP) is 3.00. The molecule has 1 aromatic carbocycles. The third-order valence-electron chi connectivity index (χ3n) is 3.67. The summed E-state index contributed by atoms with van der Waals surface area (Å²) in [6.45, 7) is 5.87. The molecule has 5 nitrogen and oxygen atoms in total. The lowest BCUT2D eigenvalue weighted by atomic mass is 10.1. The largest absolute Gasteiger partial charge is 0.362 e. The SMILES string of the molecule is CCc1[nH]nc(NC(C)c2ccc(S(C)(=O)=O)c(F)c2)c1C. The van der Waals surface area contributed by atoms with E-state index < -0.39 is 15.7 Å². The number of benzene rings is 1. The van der Waals surface area contributed by atoms with Gasteiger partial charge in [-0.05, 0) is 38.0 Å². The highest BCUT2D eigenvalue weighted by atomic mass is 32.2. The Morgan fingerprint density at radius 3 is 2.59 bits per heavy atom. The van der Waals surface area contributed by atoms with Gasteiger partial charge in [0.1, 0.15) is 10.7 Å². The Balaban J connectivity index is 2.25. The fourth-order valence-electron chi connectivity index (χ4n) is 2.29. The number of aryl methyl sites for hydroxylation is 1. The van der Waals surface area contributed by atoms with Crippen LogP contribution in [-0.2, 0) is 16.3 Å². The second-order valence-electron chi connectivity index (χ2n) is 5.36. The van der Waals surface area contributed by atoms with Gasteiger partial charge in [-0.1, -0.05) is 13.0 Å². The van der Waals surface area contributed by atoms with E-state index in [4.69, 9.17) is 0 Å². The van der Waals surface area contributed by atoms with Gasteiger partial charge in [0.05, 0.1) is 6.04 Å². The van der Waals surface area contributed by atoms with Gasteiger partial charge in [-0.3, -0.25) is 5.10 Å². The summed E-state index contributed by atoms with van der Waals surface area (Å²) in [6, 6.07) is 3.96. The van der Waals surface area contributed by atoms with Gasteiger partial charge in [-0.2, -0.15) is 5.10 Å². The number of sulfone groups is 1. The van der Waals surface area contributed by atoms with Crippen molar-refractivity contribution in [3.05, 3.63) is 40.8 Å². The van der Waals surface area contributed by atoms with Crippen molar-refractivity contribution in [2.24, 2.45) is 0 Å². The molecule has 2 aromatic rings. The maximum Gasteiger partial charge on any atom is 0.178 e. The van der Waals surface area contributed by atoms with Gasteiger partial charge in [0.2, 0.25) is 0 Å². The van der Waals surface area contributed by atoms with Crippen LogP contribution in [0.15, 0.2) is 23.1 Å². The second-order valence-corrected chi connectivity index (χ2v) is 7.34. The van der Waals surface area contributed by atoms with Crippen LogP contribution in [0, 0.1) is 12.7 Å². The van der Waals surface area contributed by atoms with Crippen LogP contribution in [0.2, 0.25) is 0 Å². The molecular formula is C15H20FN3O2S. The zero-order valence-electron chi connectivity index (χ0n) is 13.1. The number of anilines is 1. The number of H-pyrrole nitrogens is 1. The molecule has 0 aliphatic carbocycles. The average molecular weight is 325 g/mol. The Hall–Kier alpha value is -1.89. The fourth-order valence-corrected chi connectivity index (χ4v) is 3.02. The molecule has 0 spiro atoms. The molecule has 2 rings (SSSR count). The summed E-state index contributed by atoms with van der Waals surface area (Å²) >= 11 is 0. The Bertz CT molecular complexity index is 784. The molecule has 2 N–H and O–H groups in total. The molecule has 0 radical (unpaired) electrons. The molecule has 1 aromatic heterocycles. The number of nitrogens with one attached hydrogen (secondary N) is 2. The first kappa shape index (κ1) is 16.5. The lowest BCUT2D eigenvalue weighted by Crippen LogP contribution is -2.09. The lowest BCUT2D eigenvalue weighted by Gasteiger charge is -2.15. The number of halogens is 1. The van der Waals surface area contributed by atoms with Crippen molar-refractivity contribution in [1.82, 2.24) is 10.2 Å². The number of hydrogen-bond donors (Lipinski definition) is 2. The summed E-state index contributed by atoms with van der Waals surface area (Å²) in [5.74, 6) is -0.0152. The number of nitrogens with zero attached hydrogens (tertiary/aromatic N) is 1. The minimum atomic E-state index is -3.55. The van der Waals surface area contributed by atoms with Crippen LogP contribution in [0.4, 0.5) is 10.2 Å². The highest BCUT2D eigenvalue weighted by molar-refractivity contribution is 7.90. The molecule has 1 atom stereocenters. The summed E-state index contributed by atoms with van der Waals surface area (Å²) in [5, 5.41) is 10.4. The summed E-state index contributed by atoms with van der Waals surface area (Å²) in [5.41, 5.74) is 2.74. The standard InChI is InChI=1S/C15H20FN3O2S/c1-5-13-9(2)15(19-18-13)17-10(3)11-6-7-14(12(16)8-11)22(4,20)21/h6-8,10H,5H2,1-4H3,(H2,17,18,19). The third-order valence-corrected chi connectivity index (χ3v) is 4.80. The Labute approximate surface area is 129 Å². The molecule has 0 aliphatic rings. The van der Waals surface area contributed by atoms with Crippen LogP contribution in [0.1, 0.15) is 36.7 Å². The molecule has 0 saturated heterocycles. The van der Waals surface area contributed by atoms with Gasteiger partial charge in [0, 0.05) is 17.5 Å². The molecule has 7 heteroatoms. The number of hydrogen-bond acceptors (Lipinski definition) is 4. The molecular weight excluding hydrogens is 305 g/mol. The van der Waals surface area contributed by atoms with E-state index in [9.17, 15) is 12.8 Å². The smallest absolute Gasteiger partial charge is 0.178 e. The van der Waals surface area contributed by atoms with Crippen molar-refractivity contribution < 1.29 is 12.8 Å². The maximum atomic E-state index is 14.0. The van der Waals surface area contributed by atoms with Gasteiger partial charge in [-0.15, -0.1) is 0 Å². The highest BCUT2D eigenvalue weighted by Gasteiger charge is 2.17. The molecule has 1 heterocycles. The Kier molecular flexibility index (Phi) is 4.55. The quantitative estimate of drug-likeness (QED) is 0.886. The van der Waals surface area contributed by atoms with E-state index in [0.717, 1.165) is 29.8 Å². The van der Waals surface area contributed by atoms with E-state index in [2.05, 4.69) is 15.5 Å². The van der Waals surface area contributed by atoms with Crippen LogP contribution in [0.25, 0.3) is 0 Å². The highest BCUT2D eigenvalue weighted by Crippen LogP contribution is 2.24. The zero-order valence-corrected chi connectivity index (χ0v) is 13.9. The number of aromatic nitrogens is 2. The minimum absolute atomic E-state index is 0.199. The van der Waals surface area contributed by atoms with E-state index in [-0.39, 0.29) is 10.9 Å². The first-order valence-corrected chi connectivity index (χ1v) is 8.93. The van der Waals surface area contributed by atoms with E-state index >= 15 is 0 Å². The Morgan fingerprint density at radius 2 is 2.09 bits per heavy atom. The lowest BCUT2D eigenvalue weighted by molar-refractivity contribution is 0.568. The van der Waals surface area contributed by atoms with Gasteiger partial charge in [0.25, 0.3) is 0 Å². The number of rotatable bonds is 5. The van der Waals surface area contributed by atoms with Gasteiger partial charge in [0.15, 0.2) is 15.7 Å². The van der Waals surface area contributed by atoms with E-state index in [1.165, 1.54) is 12.1 Å². The van der Waals surface area contributed by atoms with Gasteiger partial charge < -0.3 is 5.32 Å². The van der Waals surface area contributed by atoms with Crippen molar-refractivity contribution >= 4 is 15.7 Å². The summed E-state index contributed by atoms with van der Waals surface area (Å²) in [4.78, 5) is -0.285. The molecule has 0 aliphatic heterocycles.